The van der Waals surface area contributed by atoms with Crippen molar-refractivity contribution in [2.75, 3.05) is 5.73 Å². The molecule has 0 radical (unpaired) electrons. The molecule has 78 valence electrons. The number of hydrogen-bond acceptors (Lipinski definition) is 2. The Kier molecular flexibility index (Phi) is 2.11. The fourth-order valence-corrected chi connectivity index (χ4v) is 1.81. The molecule has 0 fully saturated rings. The van der Waals surface area contributed by atoms with Crippen LogP contribution in [0.5, 0.6) is 0 Å². The molecule has 0 spiro atoms. The molecule has 0 aliphatic heterocycles. The highest BCUT2D eigenvalue weighted by Gasteiger charge is 2.12. The van der Waals surface area contributed by atoms with Crippen LogP contribution in [-0.2, 0) is 6.54 Å². The normalized spacial score (nSPS) is 10.7. The highest BCUT2D eigenvalue weighted by atomic mass is 16.4. The first-order valence-electron chi connectivity index (χ1n) is 4.75. The summed E-state index contributed by atoms with van der Waals surface area (Å²) in [4.78, 5) is 11.0. The van der Waals surface area contributed by atoms with Crippen LogP contribution in [0.3, 0.4) is 0 Å². The molecule has 4 nitrogen and oxygen atoms in total. The molecular formula is C11H12N2O2. The maximum atomic E-state index is 11.0. The first kappa shape index (κ1) is 9.58. The fraction of sp³-hybridized carbons (Fsp3) is 0.182. The first-order chi connectivity index (χ1) is 7.13. The number of nitrogens with zero attached hydrogens (tertiary/aromatic N) is 1. The molecule has 1 heterocycles. The Bertz CT molecular complexity index is 529. The van der Waals surface area contributed by atoms with Gasteiger partial charge in [0.05, 0.1) is 0 Å². The van der Waals surface area contributed by atoms with Crippen LogP contribution in [0.4, 0.5) is 5.69 Å². The average Bonchev–Trinajstić information content (AvgIpc) is 2.55. The third kappa shape index (κ3) is 1.44. The second-order valence-electron chi connectivity index (χ2n) is 3.40. The summed E-state index contributed by atoms with van der Waals surface area (Å²) < 4.78 is 1.76. The molecule has 0 bridgehead atoms. The van der Waals surface area contributed by atoms with Crippen molar-refractivity contribution in [2.24, 2.45) is 0 Å². The SMILES string of the molecule is CCn1c(C(=O)O)cc2cc(N)ccc21. The highest BCUT2D eigenvalue weighted by molar-refractivity contribution is 5.95. The molecule has 2 aromatic rings. The molecular weight excluding hydrogens is 192 g/mol. The van der Waals surface area contributed by atoms with E-state index in [1.165, 1.54) is 0 Å². The number of nitrogen functional groups attached to an aromatic ring is 1. The van der Waals surface area contributed by atoms with Crippen LogP contribution >= 0.6 is 0 Å². The Morgan fingerprint density at radius 2 is 2.20 bits per heavy atom. The zero-order valence-electron chi connectivity index (χ0n) is 8.40. The second kappa shape index (κ2) is 3.31. The predicted molar refractivity (Wildman–Crippen MR) is 59.0 cm³/mol. The van der Waals surface area contributed by atoms with Crippen molar-refractivity contribution in [3.63, 3.8) is 0 Å². The minimum Gasteiger partial charge on any atom is -0.477 e. The maximum Gasteiger partial charge on any atom is 0.352 e. The van der Waals surface area contributed by atoms with E-state index in [0.29, 0.717) is 17.9 Å². The zero-order valence-corrected chi connectivity index (χ0v) is 8.40. The summed E-state index contributed by atoms with van der Waals surface area (Å²) in [7, 11) is 0. The number of carboxylic acids is 1. The van der Waals surface area contributed by atoms with E-state index >= 15 is 0 Å². The molecule has 1 aromatic heterocycles. The van der Waals surface area contributed by atoms with Crippen LogP contribution in [0, 0.1) is 0 Å². The third-order valence-electron chi connectivity index (χ3n) is 2.46. The van der Waals surface area contributed by atoms with Crippen LogP contribution < -0.4 is 5.73 Å². The number of aryl methyl sites for hydroxylation is 1. The Labute approximate surface area is 86.9 Å². The van der Waals surface area contributed by atoms with Crippen molar-refractivity contribution in [3.8, 4) is 0 Å². The summed E-state index contributed by atoms with van der Waals surface area (Å²) in [5.41, 5.74) is 7.50. The van der Waals surface area contributed by atoms with Crippen molar-refractivity contribution < 1.29 is 9.90 Å². The topological polar surface area (TPSA) is 68.2 Å². The van der Waals surface area contributed by atoms with Crippen LogP contribution in [-0.4, -0.2) is 15.6 Å². The van der Waals surface area contributed by atoms with E-state index < -0.39 is 5.97 Å². The van der Waals surface area contributed by atoms with Crippen LogP contribution in [0.1, 0.15) is 17.4 Å². The lowest BCUT2D eigenvalue weighted by Crippen LogP contribution is -2.06. The van der Waals surface area contributed by atoms with Gasteiger partial charge in [0.2, 0.25) is 0 Å². The average molecular weight is 204 g/mol. The van der Waals surface area contributed by atoms with Crippen molar-refractivity contribution in [1.29, 1.82) is 0 Å². The van der Waals surface area contributed by atoms with Gasteiger partial charge in [0.15, 0.2) is 0 Å². The molecule has 4 heteroatoms. The van der Waals surface area contributed by atoms with Gasteiger partial charge in [-0.2, -0.15) is 0 Å². The number of fused-ring (bicyclic) bond motifs is 1. The number of anilines is 1. The van der Waals surface area contributed by atoms with Crippen molar-refractivity contribution >= 4 is 22.6 Å². The van der Waals surface area contributed by atoms with Crippen LogP contribution in [0.2, 0.25) is 0 Å². The number of aromatic nitrogens is 1. The summed E-state index contributed by atoms with van der Waals surface area (Å²) in [6, 6.07) is 7.06. The summed E-state index contributed by atoms with van der Waals surface area (Å²) in [6.45, 7) is 2.55. The van der Waals surface area contributed by atoms with Gasteiger partial charge in [-0.3, -0.25) is 0 Å². The summed E-state index contributed by atoms with van der Waals surface area (Å²) in [5.74, 6) is -0.911. The summed E-state index contributed by atoms with van der Waals surface area (Å²) >= 11 is 0. The molecule has 15 heavy (non-hydrogen) atoms. The van der Waals surface area contributed by atoms with Gasteiger partial charge in [-0.1, -0.05) is 0 Å². The minimum atomic E-state index is -0.911. The van der Waals surface area contributed by atoms with Gasteiger partial charge in [-0.15, -0.1) is 0 Å². The van der Waals surface area contributed by atoms with Crippen LogP contribution in [0.15, 0.2) is 24.3 Å². The molecule has 1 aromatic carbocycles. The van der Waals surface area contributed by atoms with Gasteiger partial charge >= 0.3 is 5.97 Å². The van der Waals surface area contributed by atoms with Gasteiger partial charge in [-0.25, -0.2) is 4.79 Å². The Morgan fingerprint density at radius 1 is 1.47 bits per heavy atom. The van der Waals surface area contributed by atoms with Gasteiger partial charge in [0, 0.05) is 23.1 Å². The molecule has 0 saturated heterocycles. The number of carboxylic acid groups (broad SMARTS) is 1. The molecule has 2 rings (SSSR count). The number of hydrogen-bond donors (Lipinski definition) is 2. The van der Waals surface area contributed by atoms with Crippen molar-refractivity contribution in [2.45, 2.75) is 13.5 Å². The number of nitrogens with two attached hydrogens (primary N) is 1. The van der Waals surface area contributed by atoms with E-state index in [4.69, 9.17) is 10.8 Å². The number of aromatic carboxylic acids is 1. The fourth-order valence-electron chi connectivity index (χ4n) is 1.81. The van der Waals surface area contributed by atoms with E-state index in [2.05, 4.69) is 0 Å². The number of benzene rings is 1. The molecule has 0 atom stereocenters. The zero-order chi connectivity index (χ0) is 11.0. The standard InChI is InChI=1S/C11H12N2O2/c1-2-13-9-4-3-8(12)5-7(9)6-10(13)11(14)15/h3-6H,2,12H2,1H3,(H,14,15). The van der Waals surface area contributed by atoms with Crippen molar-refractivity contribution in [3.05, 3.63) is 30.0 Å². The van der Waals surface area contributed by atoms with Gasteiger partial charge in [0.25, 0.3) is 0 Å². The lowest BCUT2D eigenvalue weighted by atomic mass is 10.2. The molecule has 0 aliphatic carbocycles. The number of carbonyl (C=O) groups is 1. The van der Waals surface area contributed by atoms with E-state index in [0.717, 1.165) is 10.9 Å². The lowest BCUT2D eigenvalue weighted by Gasteiger charge is -2.03. The van der Waals surface area contributed by atoms with Gasteiger partial charge < -0.3 is 15.4 Å². The summed E-state index contributed by atoms with van der Waals surface area (Å²) in [6.07, 6.45) is 0. The largest absolute Gasteiger partial charge is 0.477 e. The molecule has 0 aliphatic rings. The van der Waals surface area contributed by atoms with Gasteiger partial charge in [-0.05, 0) is 31.2 Å². The van der Waals surface area contributed by atoms with E-state index in [1.807, 2.05) is 13.0 Å². The van der Waals surface area contributed by atoms with E-state index in [1.54, 1.807) is 22.8 Å². The Balaban J connectivity index is 2.78. The van der Waals surface area contributed by atoms with E-state index in [-0.39, 0.29) is 0 Å². The van der Waals surface area contributed by atoms with E-state index in [9.17, 15) is 4.79 Å². The molecule has 3 N–H and O–H groups in total. The quantitative estimate of drug-likeness (QED) is 0.734. The van der Waals surface area contributed by atoms with Gasteiger partial charge in [0.1, 0.15) is 5.69 Å². The first-order valence-corrected chi connectivity index (χ1v) is 4.75. The third-order valence-corrected chi connectivity index (χ3v) is 2.46. The molecule has 0 unspecified atom stereocenters. The lowest BCUT2D eigenvalue weighted by molar-refractivity contribution is 0.0686. The Hall–Kier alpha value is -1.97. The Morgan fingerprint density at radius 3 is 2.80 bits per heavy atom. The maximum absolute atomic E-state index is 11.0. The number of rotatable bonds is 2. The highest BCUT2D eigenvalue weighted by Crippen LogP contribution is 2.22. The van der Waals surface area contributed by atoms with Crippen LogP contribution in [0.25, 0.3) is 10.9 Å². The minimum absolute atomic E-state index is 0.304. The molecule has 0 saturated carbocycles. The predicted octanol–water partition coefficient (Wildman–Crippen LogP) is 1.94. The second-order valence-corrected chi connectivity index (χ2v) is 3.40. The smallest absolute Gasteiger partial charge is 0.352 e. The monoisotopic (exact) mass is 204 g/mol. The van der Waals surface area contributed by atoms with Crippen molar-refractivity contribution in [1.82, 2.24) is 4.57 Å². The summed E-state index contributed by atoms with van der Waals surface area (Å²) in [5, 5.41) is 9.88. The molecule has 0 amide bonds.